The molecule has 1 saturated heterocycles. The predicted molar refractivity (Wildman–Crippen MR) is 54.2 cm³/mol. The lowest BCUT2D eigenvalue weighted by Crippen LogP contribution is -2.26. The van der Waals surface area contributed by atoms with Crippen molar-refractivity contribution in [1.29, 1.82) is 0 Å². The summed E-state index contributed by atoms with van der Waals surface area (Å²) in [6.45, 7) is 7.44. The third-order valence-corrected chi connectivity index (χ3v) is 4.82. The molecule has 2 aliphatic rings. The molecule has 1 nitrogen and oxygen atoms in total. The van der Waals surface area contributed by atoms with Crippen molar-refractivity contribution >= 4 is 8.07 Å². The fourth-order valence-electron chi connectivity index (χ4n) is 2.54. The van der Waals surface area contributed by atoms with Crippen LogP contribution in [0.4, 0.5) is 0 Å². The highest BCUT2D eigenvalue weighted by Crippen LogP contribution is 2.42. The van der Waals surface area contributed by atoms with E-state index in [9.17, 15) is 0 Å². The van der Waals surface area contributed by atoms with E-state index in [2.05, 4.69) is 19.6 Å². The SMILES string of the molecule is C[Si](C)(C)CC1CCC2OC2C1. The molecule has 3 atom stereocenters. The maximum atomic E-state index is 5.54. The number of hydrogen-bond donors (Lipinski definition) is 0. The van der Waals surface area contributed by atoms with Crippen LogP contribution in [-0.4, -0.2) is 20.3 Å². The van der Waals surface area contributed by atoms with Crippen LogP contribution in [0.5, 0.6) is 0 Å². The van der Waals surface area contributed by atoms with Gasteiger partial charge in [-0.05, 0) is 25.2 Å². The van der Waals surface area contributed by atoms with Crippen molar-refractivity contribution in [2.45, 2.75) is 57.2 Å². The minimum atomic E-state index is -0.811. The van der Waals surface area contributed by atoms with Gasteiger partial charge in [-0.15, -0.1) is 0 Å². The van der Waals surface area contributed by atoms with E-state index >= 15 is 0 Å². The zero-order chi connectivity index (χ0) is 8.77. The Morgan fingerprint density at radius 1 is 1.17 bits per heavy atom. The Morgan fingerprint density at radius 3 is 2.50 bits per heavy atom. The van der Waals surface area contributed by atoms with Crippen molar-refractivity contribution in [1.82, 2.24) is 0 Å². The van der Waals surface area contributed by atoms with E-state index in [1.165, 1.54) is 25.3 Å². The monoisotopic (exact) mass is 184 g/mol. The van der Waals surface area contributed by atoms with E-state index in [0.29, 0.717) is 12.2 Å². The van der Waals surface area contributed by atoms with Gasteiger partial charge in [0.05, 0.1) is 12.2 Å². The fourth-order valence-corrected chi connectivity index (χ4v) is 4.64. The van der Waals surface area contributed by atoms with E-state index in [1.807, 2.05) is 0 Å². The molecular formula is C10H20OSi. The molecule has 12 heavy (non-hydrogen) atoms. The van der Waals surface area contributed by atoms with Crippen LogP contribution < -0.4 is 0 Å². The first-order chi connectivity index (χ1) is 5.54. The fraction of sp³-hybridized carbons (Fsp3) is 1.00. The van der Waals surface area contributed by atoms with Crippen LogP contribution >= 0.6 is 0 Å². The van der Waals surface area contributed by atoms with Gasteiger partial charge in [0, 0.05) is 8.07 Å². The van der Waals surface area contributed by atoms with Gasteiger partial charge in [-0.25, -0.2) is 0 Å². The van der Waals surface area contributed by atoms with Crippen molar-refractivity contribution in [2.24, 2.45) is 5.92 Å². The number of epoxide rings is 1. The Kier molecular flexibility index (Phi) is 2.08. The first-order valence-corrected chi connectivity index (χ1v) is 8.91. The van der Waals surface area contributed by atoms with Gasteiger partial charge in [-0.2, -0.15) is 0 Å². The van der Waals surface area contributed by atoms with Crippen LogP contribution in [0.3, 0.4) is 0 Å². The van der Waals surface area contributed by atoms with Gasteiger partial charge in [0.25, 0.3) is 0 Å². The molecule has 1 aliphatic carbocycles. The molecule has 0 aromatic rings. The lowest BCUT2D eigenvalue weighted by molar-refractivity contribution is 0.366. The van der Waals surface area contributed by atoms with Crippen LogP contribution in [0.1, 0.15) is 19.3 Å². The van der Waals surface area contributed by atoms with Gasteiger partial charge in [0.2, 0.25) is 0 Å². The topological polar surface area (TPSA) is 12.5 Å². The molecule has 3 unspecified atom stereocenters. The summed E-state index contributed by atoms with van der Waals surface area (Å²) >= 11 is 0. The average Bonchev–Trinajstić information content (AvgIpc) is 2.61. The van der Waals surface area contributed by atoms with Crippen molar-refractivity contribution in [3.63, 3.8) is 0 Å². The molecule has 0 radical (unpaired) electrons. The molecule has 0 N–H and O–H groups in total. The number of ether oxygens (including phenoxy) is 1. The standard InChI is InChI=1S/C10H20OSi/c1-12(2,3)7-8-4-5-9-10(6-8)11-9/h8-10H,4-7H2,1-3H3. The third kappa shape index (κ3) is 2.11. The molecule has 0 spiro atoms. The lowest BCUT2D eigenvalue weighted by Gasteiger charge is -2.25. The first kappa shape index (κ1) is 8.76. The lowest BCUT2D eigenvalue weighted by atomic mass is 9.91. The van der Waals surface area contributed by atoms with E-state index in [4.69, 9.17) is 4.74 Å². The van der Waals surface area contributed by atoms with Crippen molar-refractivity contribution in [3.8, 4) is 0 Å². The maximum Gasteiger partial charge on any atom is 0.0844 e. The normalized spacial score (nSPS) is 40.8. The second kappa shape index (κ2) is 2.84. The molecule has 2 fully saturated rings. The van der Waals surface area contributed by atoms with Crippen LogP contribution in [0, 0.1) is 5.92 Å². The third-order valence-electron chi connectivity index (χ3n) is 3.01. The van der Waals surface area contributed by atoms with Gasteiger partial charge in [0.1, 0.15) is 0 Å². The number of fused-ring (bicyclic) bond motifs is 1. The summed E-state index contributed by atoms with van der Waals surface area (Å²) in [5, 5.41) is 0. The second-order valence-electron chi connectivity index (χ2n) is 5.66. The first-order valence-electron chi connectivity index (χ1n) is 5.20. The summed E-state index contributed by atoms with van der Waals surface area (Å²) in [5.41, 5.74) is 0. The van der Waals surface area contributed by atoms with Crippen molar-refractivity contribution in [2.75, 3.05) is 0 Å². The van der Waals surface area contributed by atoms with Crippen molar-refractivity contribution < 1.29 is 4.74 Å². The predicted octanol–water partition coefficient (Wildman–Crippen LogP) is 2.89. The molecule has 2 rings (SSSR count). The summed E-state index contributed by atoms with van der Waals surface area (Å²) in [7, 11) is -0.811. The Bertz CT molecular complexity index is 173. The second-order valence-corrected chi connectivity index (χ2v) is 11.2. The van der Waals surface area contributed by atoms with Crippen LogP contribution in [0.15, 0.2) is 0 Å². The molecule has 1 aliphatic heterocycles. The number of hydrogen-bond acceptors (Lipinski definition) is 1. The van der Waals surface area contributed by atoms with Crippen LogP contribution in [0.2, 0.25) is 25.7 Å². The molecule has 1 saturated carbocycles. The van der Waals surface area contributed by atoms with E-state index < -0.39 is 8.07 Å². The molecular weight excluding hydrogens is 164 g/mol. The molecule has 0 aromatic heterocycles. The minimum Gasteiger partial charge on any atom is -0.370 e. The molecule has 2 heteroatoms. The Labute approximate surface area is 76.5 Å². The van der Waals surface area contributed by atoms with Gasteiger partial charge < -0.3 is 4.74 Å². The summed E-state index contributed by atoms with van der Waals surface area (Å²) < 4.78 is 5.54. The highest BCUT2D eigenvalue weighted by Gasteiger charge is 2.44. The molecule has 1 heterocycles. The van der Waals surface area contributed by atoms with E-state index in [1.54, 1.807) is 0 Å². The maximum absolute atomic E-state index is 5.54. The molecule has 0 amide bonds. The molecule has 70 valence electrons. The Balaban J connectivity index is 1.81. The summed E-state index contributed by atoms with van der Waals surface area (Å²) in [4.78, 5) is 0. The minimum absolute atomic E-state index is 0.681. The molecule has 0 bridgehead atoms. The Hall–Kier alpha value is 0.177. The highest BCUT2D eigenvalue weighted by molar-refractivity contribution is 6.76. The summed E-state index contributed by atoms with van der Waals surface area (Å²) in [6, 6.07) is 1.51. The van der Waals surface area contributed by atoms with Crippen LogP contribution in [-0.2, 0) is 4.74 Å². The summed E-state index contributed by atoms with van der Waals surface area (Å²) in [6.07, 6.45) is 5.52. The van der Waals surface area contributed by atoms with Gasteiger partial charge in [0.15, 0.2) is 0 Å². The van der Waals surface area contributed by atoms with Crippen LogP contribution in [0.25, 0.3) is 0 Å². The number of rotatable bonds is 2. The smallest absolute Gasteiger partial charge is 0.0844 e. The van der Waals surface area contributed by atoms with Crippen molar-refractivity contribution in [3.05, 3.63) is 0 Å². The highest BCUT2D eigenvalue weighted by atomic mass is 28.3. The van der Waals surface area contributed by atoms with Gasteiger partial charge >= 0.3 is 0 Å². The van der Waals surface area contributed by atoms with Gasteiger partial charge in [-0.3, -0.25) is 0 Å². The van der Waals surface area contributed by atoms with E-state index in [-0.39, 0.29) is 0 Å². The molecule has 0 aromatic carbocycles. The largest absolute Gasteiger partial charge is 0.370 e. The quantitative estimate of drug-likeness (QED) is 0.475. The zero-order valence-corrected chi connectivity index (χ0v) is 9.47. The summed E-state index contributed by atoms with van der Waals surface area (Å²) in [5.74, 6) is 1.00. The van der Waals surface area contributed by atoms with Gasteiger partial charge in [-0.1, -0.05) is 25.7 Å². The zero-order valence-electron chi connectivity index (χ0n) is 8.47. The average molecular weight is 184 g/mol. The van der Waals surface area contributed by atoms with E-state index in [0.717, 1.165) is 5.92 Å². The Morgan fingerprint density at radius 2 is 1.92 bits per heavy atom.